The minimum absolute atomic E-state index is 0.285. The first-order chi connectivity index (χ1) is 13.0. The Hall–Kier alpha value is -3.48. The number of halogens is 1. The summed E-state index contributed by atoms with van der Waals surface area (Å²) >= 11 is 0. The SMILES string of the molecule is COc1cc(-c2nc(C)n(-c3ccc(F)cc3)n2)ccc1-n1cnc(C)c1. The highest BCUT2D eigenvalue weighted by molar-refractivity contribution is 5.63. The van der Waals surface area contributed by atoms with Gasteiger partial charge in [-0.3, -0.25) is 0 Å². The molecular formula is C20H18FN5O. The largest absolute Gasteiger partial charge is 0.495 e. The fraction of sp³-hybridized carbons (Fsp3) is 0.150. The van der Waals surface area contributed by atoms with Crippen LogP contribution in [0.25, 0.3) is 22.8 Å². The Balaban J connectivity index is 1.74. The molecule has 0 unspecified atom stereocenters. The first-order valence-electron chi connectivity index (χ1n) is 8.44. The van der Waals surface area contributed by atoms with Crippen molar-refractivity contribution >= 4 is 0 Å². The van der Waals surface area contributed by atoms with Gasteiger partial charge in [0.25, 0.3) is 0 Å². The summed E-state index contributed by atoms with van der Waals surface area (Å²) in [6.07, 6.45) is 3.68. The second-order valence-corrected chi connectivity index (χ2v) is 6.18. The van der Waals surface area contributed by atoms with Crippen molar-refractivity contribution in [3.05, 3.63) is 72.3 Å². The van der Waals surface area contributed by atoms with Crippen molar-refractivity contribution < 1.29 is 9.13 Å². The molecule has 0 N–H and O–H groups in total. The lowest BCUT2D eigenvalue weighted by molar-refractivity contribution is 0.413. The van der Waals surface area contributed by atoms with Crippen molar-refractivity contribution in [1.82, 2.24) is 24.3 Å². The van der Waals surface area contributed by atoms with Crippen LogP contribution in [0.1, 0.15) is 11.5 Å². The second kappa shape index (κ2) is 6.68. The lowest BCUT2D eigenvalue weighted by Crippen LogP contribution is -1.99. The van der Waals surface area contributed by atoms with Gasteiger partial charge in [0, 0.05) is 11.8 Å². The fourth-order valence-corrected chi connectivity index (χ4v) is 2.92. The number of hydrogen-bond donors (Lipinski definition) is 0. The van der Waals surface area contributed by atoms with Gasteiger partial charge in [0.05, 0.1) is 30.5 Å². The molecule has 27 heavy (non-hydrogen) atoms. The Labute approximate surface area is 155 Å². The van der Waals surface area contributed by atoms with Crippen LogP contribution in [0, 0.1) is 19.7 Å². The molecule has 2 aromatic heterocycles. The molecule has 0 fully saturated rings. The van der Waals surface area contributed by atoms with Gasteiger partial charge < -0.3 is 9.30 Å². The Morgan fingerprint density at radius 2 is 1.81 bits per heavy atom. The van der Waals surface area contributed by atoms with E-state index in [9.17, 15) is 4.39 Å². The molecule has 0 spiro atoms. The van der Waals surface area contributed by atoms with Gasteiger partial charge in [-0.2, -0.15) is 0 Å². The first-order valence-corrected chi connectivity index (χ1v) is 8.44. The van der Waals surface area contributed by atoms with Gasteiger partial charge in [0.2, 0.25) is 0 Å². The van der Waals surface area contributed by atoms with E-state index in [0.29, 0.717) is 17.4 Å². The number of ether oxygens (including phenoxy) is 1. The summed E-state index contributed by atoms with van der Waals surface area (Å²) in [6, 6.07) is 11.9. The van der Waals surface area contributed by atoms with Crippen LogP contribution in [0.15, 0.2) is 55.0 Å². The van der Waals surface area contributed by atoms with E-state index < -0.39 is 0 Å². The molecule has 4 aromatic rings. The van der Waals surface area contributed by atoms with Gasteiger partial charge in [-0.1, -0.05) is 0 Å². The van der Waals surface area contributed by atoms with Gasteiger partial charge in [0.1, 0.15) is 17.4 Å². The van der Waals surface area contributed by atoms with Crippen molar-refractivity contribution in [2.24, 2.45) is 0 Å². The molecule has 0 amide bonds. The van der Waals surface area contributed by atoms with E-state index >= 15 is 0 Å². The lowest BCUT2D eigenvalue weighted by atomic mass is 10.1. The number of nitrogens with zero attached hydrogens (tertiary/aromatic N) is 5. The maximum absolute atomic E-state index is 13.2. The van der Waals surface area contributed by atoms with Gasteiger partial charge in [-0.25, -0.2) is 19.0 Å². The van der Waals surface area contributed by atoms with E-state index in [1.807, 2.05) is 42.8 Å². The van der Waals surface area contributed by atoms with Crippen molar-refractivity contribution in [3.8, 4) is 28.5 Å². The van der Waals surface area contributed by atoms with Crippen LogP contribution in [0.5, 0.6) is 5.75 Å². The summed E-state index contributed by atoms with van der Waals surface area (Å²) < 4.78 is 22.3. The third-order valence-corrected chi connectivity index (χ3v) is 4.27. The fourth-order valence-electron chi connectivity index (χ4n) is 2.92. The number of aryl methyl sites for hydroxylation is 2. The average molecular weight is 363 g/mol. The van der Waals surface area contributed by atoms with E-state index in [1.54, 1.807) is 30.3 Å². The van der Waals surface area contributed by atoms with E-state index in [-0.39, 0.29) is 5.82 Å². The van der Waals surface area contributed by atoms with E-state index in [2.05, 4.69) is 15.1 Å². The van der Waals surface area contributed by atoms with E-state index in [4.69, 9.17) is 4.74 Å². The summed E-state index contributed by atoms with van der Waals surface area (Å²) in [5.41, 5.74) is 3.40. The predicted octanol–water partition coefficient (Wildman–Crippen LogP) is 3.88. The highest BCUT2D eigenvalue weighted by Gasteiger charge is 2.13. The zero-order chi connectivity index (χ0) is 19.0. The molecular weight excluding hydrogens is 345 g/mol. The van der Waals surface area contributed by atoms with Gasteiger partial charge in [0.15, 0.2) is 5.82 Å². The number of hydrogen-bond acceptors (Lipinski definition) is 4. The lowest BCUT2D eigenvalue weighted by Gasteiger charge is -2.10. The number of benzene rings is 2. The van der Waals surface area contributed by atoms with Crippen LogP contribution in [-0.2, 0) is 0 Å². The number of methoxy groups -OCH3 is 1. The maximum atomic E-state index is 13.2. The van der Waals surface area contributed by atoms with Crippen LogP contribution in [-0.4, -0.2) is 31.4 Å². The smallest absolute Gasteiger partial charge is 0.181 e. The summed E-state index contributed by atoms with van der Waals surface area (Å²) in [6.45, 7) is 3.80. The summed E-state index contributed by atoms with van der Waals surface area (Å²) in [4.78, 5) is 8.80. The van der Waals surface area contributed by atoms with Gasteiger partial charge in [-0.05, 0) is 56.3 Å². The molecule has 136 valence electrons. The quantitative estimate of drug-likeness (QED) is 0.552. The van der Waals surface area contributed by atoms with Crippen LogP contribution in [0.4, 0.5) is 4.39 Å². The van der Waals surface area contributed by atoms with E-state index in [0.717, 1.165) is 22.6 Å². The molecule has 2 aromatic carbocycles. The molecule has 0 radical (unpaired) electrons. The minimum Gasteiger partial charge on any atom is -0.495 e. The maximum Gasteiger partial charge on any atom is 0.181 e. The molecule has 0 aliphatic rings. The molecule has 6 nitrogen and oxygen atoms in total. The molecule has 2 heterocycles. The predicted molar refractivity (Wildman–Crippen MR) is 99.9 cm³/mol. The highest BCUT2D eigenvalue weighted by Crippen LogP contribution is 2.29. The van der Waals surface area contributed by atoms with Crippen LogP contribution >= 0.6 is 0 Å². The highest BCUT2D eigenvalue weighted by atomic mass is 19.1. The zero-order valence-electron chi connectivity index (χ0n) is 15.2. The summed E-state index contributed by atoms with van der Waals surface area (Å²) in [7, 11) is 1.63. The molecule has 0 aliphatic carbocycles. The van der Waals surface area contributed by atoms with Crippen LogP contribution in [0.3, 0.4) is 0 Å². The zero-order valence-corrected chi connectivity index (χ0v) is 15.2. The molecule has 0 bridgehead atoms. The molecule has 0 saturated carbocycles. The number of imidazole rings is 1. The molecule has 7 heteroatoms. The monoisotopic (exact) mass is 363 g/mol. The molecule has 0 aliphatic heterocycles. The molecule has 0 atom stereocenters. The molecule has 4 rings (SSSR count). The Bertz CT molecular complexity index is 1100. The van der Waals surface area contributed by atoms with Crippen molar-refractivity contribution in [1.29, 1.82) is 0 Å². The Morgan fingerprint density at radius 3 is 2.48 bits per heavy atom. The normalized spacial score (nSPS) is 11.0. The van der Waals surface area contributed by atoms with Crippen LogP contribution < -0.4 is 4.74 Å². The summed E-state index contributed by atoms with van der Waals surface area (Å²) in [5, 5.41) is 4.57. The average Bonchev–Trinajstić information content (AvgIpc) is 3.28. The summed E-state index contributed by atoms with van der Waals surface area (Å²) in [5.74, 6) is 1.70. The first kappa shape index (κ1) is 17.0. The minimum atomic E-state index is -0.285. The Kier molecular flexibility index (Phi) is 4.19. The second-order valence-electron chi connectivity index (χ2n) is 6.18. The van der Waals surface area contributed by atoms with Crippen LogP contribution in [0.2, 0.25) is 0 Å². The third-order valence-electron chi connectivity index (χ3n) is 4.27. The molecule has 0 saturated heterocycles. The van der Waals surface area contributed by atoms with Gasteiger partial charge in [-0.15, -0.1) is 5.10 Å². The van der Waals surface area contributed by atoms with Crippen molar-refractivity contribution in [2.75, 3.05) is 7.11 Å². The van der Waals surface area contributed by atoms with Crippen molar-refractivity contribution in [2.45, 2.75) is 13.8 Å². The standard InChI is InChI=1S/C20H18FN5O/c1-13-11-25(12-22-13)18-9-4-15(10-19(18)27-3)20-23-14(2)26(24-20)17-7-5-16(21)6-8-17/h4-12H,1-3H3. The Morgan fingerprint density at radius 1 is 1.04 bits per heavy atom. The topological polar surface area (TPSA) is 57.8 Å². The van der Waals surface area contributed by atoms with E-state index in [1.165, 1.54) is 12.1 Å². The number of aromatic nitrogens is 5. The van der Waals surface area contributed by atoms with Gasteiger partial charge >= 0.3 is 0 Å². The number of rotatable bonds is 4. The van der Waals surface area contributed by atoms with Crippen molar-refractivity contribution in [3.63, 3.8) is 0 Å². The third kappa shape index (κ3) is 3.19.